The normalized spacial score (nSPS) is 15.1. The fraction of sp³-hybridized carbons (Fsp3) is 0.529. The highest BCUT2D eigenvalue weighted by molar-refractivity contribution is 5.85. The molecule has 6 nitrogen and oxygen atoms in total. The van der Waals surface area contributed by atoms with Gasteiger partial charge in [-0.1, -0.05) is 18.2 Å². The number of likely N-dealkylation sites (tertiary alicyclic amines) is 1. The van der Waals surface area contributed by atoms with E-state index < -0.39 is 24.9 Å². The van der Waals surface area contributed by atoms with Gasteiger partial charge < -0.3 is 20.7 Å². The molecule has 0 bridgehead atoms. The minimum Gasteiger partial charge on any atom is -0.484 e. The van der Waals surface area contributed by atoms with Gasteiger partial charge in [-0.2, -0.15) is 0 Å². The number of carbonyl (C=O) groups is 2. The summed E-state index contributed by atoms with van der Waals surface area (Å²) in [6.07, 6.45) is 0.883. The van der Waals surface area contributed by atoms with Crippen LogP contribution >= 0.6 is 12.4 Å². The first-order valence-electron chi connectivity index (χ1n) is 8.22. The van der Waals surface area contributed by atoms with Crippen LogP contribution in [0.3, 0.4) is 0 Å². The Balaban J connectivity index is 0.00000338. The lowest BCUT2D eigenvalue weighted by Crippen LogP contribution is -2.47. The van der Waals surface area contributed by atoms with E-state index in [9.17, 15) is 18.4 Å². The molecule has 1 fully saturated rings. The number of halogens is 3. The van der Waals surface area contributed by atoms with Crippen molar-refractivity contribution in [3.05, 3.63) is 30.3 Å². The molecule has 0 aromatic heterocycles. The first-order valence-corrected chi connectivity index (χ1v) is 8.22. The SMILES string of the molecule is Cl.NCC(F)(F)CNC(=O)C1CCN(C(=O)COc2ccccc2)CC1. The Labute approximate surface area is 157 Å². The van der Waals surface area contributed by atoms with Gasteiger partial charge in [0, 0.05) is 19.0 Å². The van der Waals surface area contributed by atoms with E-state index in [2.05, 4.69) is 5.32 Å². The van der Waals surface area contributed by atoms with Crippen LogP contribution in [-0.4, -0.2) is 55.4 Å². The van der Waals surface area contributed by atoms with Crippen LogP contribution in [0.2, 0.25) is 0 Å². The Morgan fingerprint density at radius 2 is 1.85 bits per heavy atom. The molecule has 1 aliphatic rings. The molecule has 0 aliphatic carbocycles. The summed E-state index contributed by atoms with van der Waals surface area (Å²) < 4.78 is 31.6. The second-order valence-electron chi connectivity index (χ2n) is 6.03. The van der Waals surface area contributed by atoms with Crippen molar-refractivity contribution < 1.29 is 23.1 Å². The molecule has 1 heterocycles. The van der Waals surface area contributed by atoms with E-state index in [0.29, 0.717) is 31.7 Å². The quantitative estimate of drug-likeness (QED) is 0.736. The van der Waals surface area contributed by atoms with Gasteiger partial charge in [0.05, 0.1) is 13.1 Å². The van der Waals surface area contributed by atoms with E-state index in [1.165, 1.54) is 0 Å². The molecule has 1 aliphatic heterocycles. The molecular weight excluding hydrogens is 368 g/mol. The van der Waals surface area contributed by atoms with E-state index >= 15 is 0 Å². The van der Waals surface area contributed by atoms with Crippen molar-refractivity contribution in [1.29, 1.82) is 0 Å². The van der Waals surface area contributed by atoms with E-state index in [-0.39, 0.29) is 30.8 Å². The summed E-state index contributed by atoms with van der Waals surface area (Å²) in [5.74, 6) is -3.42. The zero-order valence-electron chi connectivity index (χ0n) is 14.3. The number of piperidine rings is 1. The number of alkyl halides is 2. The molecular formula is C17H24ClF2N3O3. The summed E-state index contributed by atoms with van der Waals surface area (Å²) >= 11 is 0. The molecule has 0 atom stereocenters. The zero-order chi connectivity index (χ0) is 18.3. The van der Waals surface area contributed by atoms with Crippen LogP contribution < -0.4 is 15.8 Å². The number of benzene rings is 1. The third-order valence-corrected chi connectivity index (χ3v) is 4.14. The molecule has 0 radical (unpaired) electrons. The number of hydrogen-bond acceptors (Lipinski definition) is 4. The van der Waals surface area contributed by atoms with Crippen molar-refractivity contribution in [2.24, 2.45) is 11.7 Å². The third-order valence-electron chi connectivity index (χ3n) is 4.14. The maximum atomic E-state index is 13.1. The largest absolute Gasteiger partial charge is 0.484 e. The number of para-hydroxylation sites is 1. The topological polar surface area (TPSA) is 84.7 Å². The van der Waals surface area contributed by atoms with Gasteiger partial charge in [-0.25, -0.2) is 8.78 Å². The van der Waals surface area contributed by atoms with Crippen LogP contribution in [0.5, 0.6) is 5.75 Å². The maximum Gasteiger partial charge on any atom is 0.277 e. The molecule has 0 spiro atoms. The van der Waals surface area contributed by atoms with Gasteiger partial charge in [0.15, 0.2) is 6.61 Å². The minimum absolute atomic E-state index is 0. The molecule has 9 heteroatoms. The van der Waals surface area contributed by atoms with Gasteiger partial charge in [-0.05, 0) is 25.0 Å². The van der Waals surface area contributed by atoms with Gasteiger partial charge in [0.25, 0.3) is 11.8 Å². The molecule has 0 saturated carbocycles. The maximum absolute atomic E-state index is 13.1. The highest BCUT2D eigenvalue weighted by atomic mass is 35.5. The van der Waals surface area contributed by atoms with Crippen LogP contribution in [0.1, 0.15) is 12.8 Å². The van der Waals surface area contributed by atoms with Crippen molar-refractivity contribution >= 4 is 24.2 Å². The Hall–Kier alpha value is -1.93. The number of amides is 2. The molecule has 1 aromatic rings. The Bertz CT molecular complexity index is 582. The first-order chi connectivity index (χ1) is 11.9. The number of rotatable bonds is 7. The van der Waals surface area contributed by atoms with Crippen molar-refractivity contribution in [1.82, 2.24) is 10.2 Å². The van der Waals surface area contributed by atoms with Gasteiger partial charge in [0.1, 0.15) is 5.75 Å². The predicted molar refractivity (Wildman–Crippen MR) is 95.5 cm³/mol. The summed E-state index contributed by atoms with van der Waals surface area (Å²) in [5, 5.41) is 2.24. The van der Waals surface area contributed by atoms with E-state index in [4.69, 9.17) is 10.5 Å². The van der Waals surface area contributed by atoms with Gasteiger partial charge in [-0.15, -0.1) is 12.4 Å². The predicted octanol–water partition coefficient (Wildman–Crippen LogP) is 1.44. The molecule has 3 N–H and O–H groups in total. The average molecular weight is 392 g/mol. The zero-order valence-corrected chi connectivity index (χ0v) is 15.1. The summed E-state index contributed by atoms with van der Waals surface area (Å²) in [6.45, 7) is -0.817. The average Bonchev–Trinajstić information content (AvgIpc) is 2.65. The minimum atomic E-state index is -3.10. The highest BCUT2D eigenvalue weighted by Crippen LogP contribution is 2.18. The molecule has 0 unspecified atom stereocenters. The fourth-order valence-electron chi connectivity index (χ4n) is 2.58. The number of ether oxygens (including phenoxy) is 1. The van der Waals surface area contributed by atoms with Crippen molar-refractivity contribution in [2.45, 2.75) is 18.8 Å². The molecule has 2 amide bonds. The second kappa shape index (κ2) is 10.3. The van der Waals surface area contributed by atoms with E-state index in [1.54, 1.807) is 17.0 Å². The number of nitrogens with one attached hydrogen (secondary N) is 1. The monoisotopic (exact) mass is 391 g/mol. The molecule has 1 aromatic carbocycles. The van der Waals surface area contributed by atoms with Crippen molar-refractivity contribution in [3.8, 4) is 5.75 Å². The van der Waals surface area contributed by atoms with Crippen LogP contribution in [0, 0.1) is 5.92 Å². The van der Waals surface area contributed by atoms with Gasteiger partial charge >= 0.3 is 0 Å². The molecule has 2 rings (SSSR count). The van der Waals surface area contributed by atoms with Crippen LogP contribution in [0.25, 0.3) is 0 Å². The first kappa shape index (κ1) is 22.1. The second-order valence-corrected chi connectivity index (χ2v) is 6.03. The van der Waals surface area contributed by atoms with Crippen LogP contribution in [0.15, 0.2) is 30.3 Å². The number of nitrogens with two attached hydrogens (primary N) is 1. The lowest BCUT2D eigenvalue weighted by Gasteiger charge is -2.31. The standard InChI is InChI=1S/C17H23F2N3O3.ClH/c18-17(19,11-20)12-21-16(24)13-6-8-22(9-7-13)15(23)10-25-14-4-2-1-3-5-14;/h1-5,13H,6-12,20H2,(H,21,24);1H. The highest BCUT2D eigenvalue weighted by Gasteiger charge is 2.31. The third kappa shape index (κ3) is 6.76. The Morgan fingerprint density at radius 1 is 1.23 bits per heavy atom. The summed E-state index contributed by atoms with van der Waals surface area (Å²) in [4.78, 5) is 25.7. The van der Waals surface area contributed by atoms with Gasteiger partial charge in [-0.3, -0.25) is 9.59 Å². The molecule has 26 heavy (non-hydrogen) atoms. The summed E-state index contributed by atoms with van der Waals surface area (Å²) in [7, 11) is 0. The van der Waals surface area contributed by atoms with Crippen molar-refractivity contribution in [3.63, 3.8) is 0 Å². The lowest BCUT2D eigenvalue weighted by molar-refractivity contribution is -0.137. The van der Waals surface area contributed by atoms with Gasteiger partial charge in [0.2, 0.25) is 5.91 Å². The fourth-order valence-corrected chi connectivity index (χ4v) is 2.58. The summed E-state index contributed by atoms with van der Waals surface area (Å²) in [5.41, 5.74) is 4.94. The lowest BCUT2D eigenvalue weighted by atomic mass is 9.96. The Kier molecular flexibility index (Phi) is 8.74. The van der Waals surface area contributed by atoms with Crippen LogP contribution in [0.4, 0.5) is 8.78 Å². The number of nitrogens with zero attached hydrogens (tertiary/aromatic N) is 1. The number of hydrogen-bond donors (Lipinski definition) is 2. The Morgan fingerprint density at radius 3 is 2.42 bits per heavy atom. The summed E-state index contributed by atoms with van der Waals surface area (Å²) in [6, 6.07) is 9.02. The van der Waals surface area contributed by atoms with E-state index in [0.717, 1.165) is 0 Å². The molecule has 146 valence electrons. The number of carbonyl (C=O) groups excluding carboxylic acids is 2. The van der Waals surface area contributed by atoms with Crippen molar-refractivity contribution in [2.75, 3.05) is 32.8 Å². The molecule has 1 saturated heterocycles. The van der Waals surface area contributed by atoms with E-state index in [1.807, 2.05) is 18.2 Å². The van der Waals surface area contributed by atoms with Crippen LogP contribution in [-0.2, 0) is 9.59 Å². The smallest absolute Gasteiger partial charge is 0.277 e.